The number of nitrogens with zero attached hydrogens (tertiary/aromatic N) is 3. The van der Waals surface area contributed by atoms with Gasteiger partial charge in [-0.1, -0.05) is 43.2 Å². The number of nitriles is 1. The lowest BCUT2D eigenvalue weighted by atomic mass is 9.86. The number of pyridine rings is 2. The van der Waals surface area contributed by atoms with E-state index in [2.05, 4.69) is 71.4 Å². The largest absolute Gasteiger partial charge is 0.342 e. The van der Waals surface area contributed by atoms with Crippen LogP contribution in [0.3, 0.4) is 0 Å². The number of aromatic nitrogens is 2. The third-order valence-electron chi connectivity index (χ3n) is 5.72. The molecule has 3 aromatic rings. The van der Waals surface area contributed by atoms with Gasteiger partial charge in [-0.15, -0.1) is 0 Å². The van der Waals surface area contributed by atoms with Crippen molar-refractivity contribution in [3.8, 4) is 17.2 Å². The zero-order chi connectivity index (χ0) is 22.6. The summed E-state index contributed by atoms with van der Waals surface area (Å²) in [7, 11) is 0. The highest BCUT2D eigenvalue weighted by Gasteiger charge is 2.37. The monoisotopic (exact) mass is 550 g/mol. The number of amides is 1. The summed E-state index contributed by atoms with van der Waals surface area (Å²) >= 11 is 6.79. The maximum atomic E-state index is 13.1. The Morgan fingerprint density at radius 2 is 1.84 bits per heavy atom. The number of carbonyl (C=O) groups is 1. The van der Waals surface area contributed by atoms with Crippen LogP contribution in [0.1, 0.15) is 36.9 Å². The van der Waals surface area contributed by atoms with Crippen LogP contribution < -0.4 is 5.32 Å². The van der Waals surface area contributed by atoms with Gasteiger partial charge >= 0.3 is 0 Å². The summed E-state index contributed by atoms with van der Waals surface area (Å²) in [5.74, 6) is -0.387. The molecule has 1 aliphatic carbocycles. The Morgan fingerprint density at radius 3 is 2.47 bits per heavy atom. The van der Waals surface area contributed by atoms with Crippen LogP contribution in [0.5, 0.6) is 0 Å². The van der Waals surface area contributed by atoms with E-state index in [4.69, 9.17) is 0 Å². The first kappa shape index (κ1) is 22.4. The minimum absolute atomic E-state index is 0.0266. The van der Waals surface area contributed by atoms with Gasteiger partial charge in [-0.05, 0) is 79.6 Å². The van der Waals surface area contributed by atoms with Crippen LogP contribution in [0.2, 0.25) is 0 Å². The molecule has 1 amide bonds. The lowest BCUT2D eigenvalue weighted by molar-refractivity contribution is -0.119. The fraction of sp³-hybridized carbons (Fsp3) is 0.200. The molecule has 1 fully saturated rings. The molecule has 0 radical (unpaired) electrons. The Bertz CT molecular complexity index is 1190. The van der Waals surface area contributed by atoms with Crippen molar-refractivity contribution in [2.45, 2.75) is 31.2 Å². The van der Waals surface area contributed by atoms with Crippen molar-refractivity contribution in [3.05, 3.63) is 86.8 Å². The number of carbonyl (C=O) groups excluding carboxylic acids is 1. The highest BCUT2D eigenvalue weighted by molar-refractivity contribution is 9.11. The SMILES string of the molecule is N#C/C(=C\c1ncc(Br)cc1Br)C(=O)NC1(c2ccc(-c3cccnc3)cc2)CCCC1. The van der Waals surface area contributed by atoms with Crippen LogP contribution in [-0.2, 0) is 10.3 Å². The molecule has 1 N–H and O–H groups in total. The van der Waals surface area contributed by atoms with Crippen LogP contribution in [-0.4, -0.2) is 15.9 Å². The van der Waals surface area contributed by atoms with E-state index in [9.17, 15) is 10.1 Å². The van der Waals surface area contributed by atoms with E-state index in [1.807, 2.05) is 30.5 Å². The Hall–Kier alpha value is -2.82. The van der Waals surface area contributed by atoms with Crippen LogP contribution in [0, 0.1) is 11.3 Å². The van der Waals surface area contributed by atoms with E-state index in [-0.39, 0.29) is 11.5 Å². The van der Waals surface area contributed by atoms with E-state index in [0.29, 0.717) is 10.2 Å². The van der Waals surface area contributed by atoms with Crippen molar-refractivity contribution < 1.29 is 4.79 Å². The summed E-state index contributed by atoms with van der Waals surface area (Å²) in [4.78, 5) is 21.6. The molecule has 0 spiro atoms. The number of benzene rings is 1. The molecule has 0 unspecified atom stereocenters. The third-order valence-corrected chi connectivity index (χ3v) is 6.79. The first-order valence-electron chi connectivity index (χ1n) is 10.3. The van der Waals surface area contributed by atoms with Crippen molar-refractivity contribution in [1.82, 2.24) is 15.3 Å². The van der Waals surface area contributed by atoms with Crippen molar-refractivity contribution in [1.29, 1.82) is 5.26 Å². The second-order valence-electron chi connectivity index (χ2n) is 7.75. The van der Waals surface area contributed by atoms with Gasteiger partial charge in [0.15, 0.2) is 0 Å². The topological polar surface area (TPSA) is 78.7 Å². The molecule has 7 heteroatoms. The molecule has 32 heavy (non-hydrogen) atoms. The van der Waals surface area contributed by atoms with Crippen molar-refractivity contribution in [3.63, 3.8) is 0 Å². The van der Waals surface area contributed by atoms with Crippen LogP contribution >= 0.6 is 31.9 Å². The number of hydrogen-bond donors (Lipinski definition) is 1. The fourth-order valence-corrected chi connectivity index (χ4v) is 5.18. The number of rotatable bonds is 5. The van der Waals surface area contributed by atoms with Crippen LogP contribution in [0.25, 0.3) is 17.2 Å². The molecule has 1 aliphatic rings. The van der Waals surface area contributed by atoms with E-state index in [0.717, 1.165) is 46.8 Å². The summed E-state index contributed by atoms with van der Waals surface area (Å²) in [6.07, 6.45) is 10.5. The molecule has 1 aromatic carbocycles. The maximum Gasteiger partial charge on any atom is 0.262 e. The van der Waals surface area contributed by atoms with Gasteiger partial charge in [0.1, 0.15) is 11.6 Å². The zero-order valence-corrected chi connectivity index (χ0v) is 20.4. The van der Waals surface area contributed by atoms with Gasteiger partial charge < -0.3 is 5.32 Å². The Kier molecular flexibility index (Phi) is 6.83. The van der Waals surface area contributed by atoms with Crippen molar-refractivity contribution in [2.75, 3.05) is 0 Å². The van der Waals surface area contributed by atoms with Gasteiger partial charge in [0, 0.05) is 27.5 Å². The second kappa shape index (κ2) is 9.76. The zero-order valence-electron chi connectivity index (χ0n) is 17.2. The Labute approximate surface area is 203 Å². The summed E-state index contributed by atoms with van der Waals surface area (Å²) < 4.78 is 1.51. The molecule has 0 atom stereocenters. The van der Waals surface area contributed by atoms with E-state index < -0.39 is 5.54 Å². The van der Waals surface area contributed by atoms with Gasteiger partial charge in [0.05, 0.1) is 11.2 Å². The lowest BCUT2D eigenvalue weighted by Crippen LogP contribution is -2.44. The van der Waals surface area contributed by atoms with Crippen molar-refractivity contribution >= 4 is 43.8 Å². The molecule has 2 aromatic heterocycles. The van der Waals surface area contributed by atoms with E-state index in [1.54, 1.807) is 12.4 Å². The highest BCUT2D eigenvalue weighted by Crippen LogP contribution is 2.39. The summed E-state index contributed by atoms with van der Waals surface area (Å²) in [5, 5.41) is 12.8. The molecule has 160 valence electrons. The summed E-state index contributed by atoms with van der Waals surface area (Å²) in [6, 6.07) is 16.0. The van der Waals surface area contributed by atoms with Crippen molar-refractivity contribution in [2.24, 2.45) is 0 Å². The second-order valence-corrected chi connectivity index (χ2v) is 9.52. The molecule has 5 nitrogen and oxygen atoms in total. The highest BCUT2D eigenvalue weighted by atomic mass is 79.9. The number of hydrogen-bond acceptors (Lipinski definition) is 4. The lowest BCUT2D eigenvalue weighted by Gasteiger charge is -2.31. The molecule has 0 bridgehead atoms. The predicted octanol–water partition coefficient (Wildman–Crippen LogP) is 6.16. The molecule has 1 saturated carbocycles. The first-order valence-corrected chi connectivity index (χ1v) is 11.9. The summed E-state index contributed by atoms with van der Waals surface area (Å²) in [6.45, 7) is 0. The molecule has 4 rings (SSSR count). The predicted molar refractivity (Wildman–Crippen MR) is 131 cm³/mol. The normalized spacial score (nSPS) is 15.2. The van der Waals surface area contributed by atoms with Gasteiger partial charge in [0.2, 0.25) is 0 Å². The quantitative estimate of drug-likeness (QED) is 0.304. The van der Waals surface area contributed by atoms with Gasteiger partial charge in [-0.2, -0.15) is 5.26 Å². The average Bonchev–Trinajstić information content (AvgIpc) is 3.29. The Balaban J connectivity index is 1.60. The smallest absolute Gasteiger partial charge is 0.262 e. The van der Waals surface area contributed by atoms with E-state index >= 15 is 0 Å². The number of nitrogens with one attached hydrogen (secondary N) is 1. The maximum absolute atomic E-state index is 13.1. The first-order chi connectivity index (χ1) is 15.5. The minimum Gasteiger partial charge on any atom is -0.342 e. The standard InChI is InChI=1S/C25H20Br2N4O/c26-21-13-22(27)23(30-16-21)12-19(14-28)24(32)31-25(9-1-2-10-25)20-7-5-17(6-8-20)18-4-3-11-29-15-18/h3-8,11-13,15-16H,1-2,9-10H2,(H,31,32)/b19-12+. The fourth-order valence-electron chi connectivity index (χ4n) is 4.08. The molecule has 2 heterocycles. The molecule has 0 saturated heterocycles. The number of halogens is 2. The average molecular weight is 552 g/mol. The van der Waals surface area contributed by atoms with Crippen LogP contribution in [0.15, 0.2) is 75.6 Å². The molecule has 0 aliphatic heterocycles. The van der Waals surface area contributed by atoms with Gasteiger partial charge in [0.25, 0.3) is 5.91 Å². The molecular formula is C25H20Br2N4O. The Morgan fingerprint density at radius 1 is 1.09 bits per heavy atom. The van der Waals surface area contributed by atoms with Gasteiger partial charge in [-0.25, -0.2) is 0 Å². The molecular weight excluding hydrogens is 532 g/mol. The third kappa shape index (κ3) is 4.82. The van der Waals surface area contributed by atoms with Gasteiger partial charge in [-0.3, -0.25) is 14.8 Å². The minimum atomic E-state index is -0.481. The van der Waals surface area contributed by atoms with E-state index in [1.165, 1.54) is 6.08 Å². The summed E-state index contributed by atoms with van der Waals surface area (Å²) in [5.41, 5.74) is 3.25. The van der Waals surface area contributed by atoms with Crippen LogP contribution in [0.4, 0.5) is 0 Å².